The monoisotopic (exact) mass is 276 g/mol. The molecule has 0 aliphatic rings. The van der Waals surface area contributed by atoms with Crippen LogP contribution in [0.1, 0.15) is 25.3 Å². The Morgan fingerprint density at radius 3 is 2.57 bits per heavy atom. The number of nitrogens with zero attached hydrogens (tertiary/aromatic N) is 1. The summed E-state index contributed by atoms with van der Waals surface area (Å²) >= 11 is 0. The van der Waals surface area contributed by atoms with Crippen molar-refractivity contribution < 1.29 is 0 Å². The van der Waals surface area contributed by atoms with Crippen molar-refractivity contribution in [2.24, 2.45) is 0 Å². The van der Waals surface area contributed by atoms with Crippen molar-refractivity contribution in [3.8, 4) is 11.3 Å². The largest absolute Gasteiger partial charge is 0.398 e. The molecule has 0 aliphatic carbocycles. The topological polar surface area (TPSA) is 38.9 Å². The highest BCUT2D eigenvalue weighted by atomic mass is 14.7. The molecule has 3 rings (SSSR count). The SMILES string of the molecule is CCCCc1ccc2nc(-c3ccccc3)cc(N)c2c1. The van der Waals surface area contributed by atoms with Crippen LogP contribution in [0.4, 0.5) is 5.69 Å². The van der Waals surface area contributed by atoms with E-state index in [1.807, 2.05) is 24.3 Å². The first-order chi connectivity index (χ1) is 10.3. The molecule has 0 unspecified atom stereocenters. The molecule has 1 aromatic heterocycles. The molecule has 21 heavy (non-hydrogen) atoms. The Balaban J connectivity index is 2.05. The average Bonchev–Trinajstić information content (AvgIpc) is 2.54. The van der Waals surface area contributed by atoms with Crippen LogP contribution in [-0.2, 0) is 6.42 Å². The molecule has 3 aromatic rings. The Bertz CT molecular complexity index is 748. The minimum Gasteiger partial charge on any atom is -0.398 e. The van der Waals surface area contributed by atoms with Gasteiger partial charge in [0.05, 0.1) is 11.2 Å². The maximum absolute atomic E-state index is 6.25. The lowest BCUT2D eigenvalue weighted by Crippen LogP contribution is -1.94. The lowest BCUT2D eigenvalue weighted by atomic mass is 10.0. The van der Waals surface area contributed by atoms with Crippen molar-refractivity contribution in [1.82, 2.24) is 4.98 Å². The highest BCUT2D eigenvalue weighted by Gasteiger charge is 2.06. The average molecular weight is 276 g/mol. The lowest BCUT2D eigenvalue weighted by molar-refractivity contribution is 0.796. The molecule has 0 fully saturated rings. The third kappa shape index (κ3) is 2.89. The molecule has 106 valence electrons. The molecular formula is C19H20N2. The number of fused-ring (bicyclic) bond motifs is 1. The normalized spacial score (nSPS) is 10.9. The van der Waals surface area contributed by atoms with Crippen LogP contribution in [0, 0.1) is 0 Å². The number of benzene rings is 2. The van der Waals surface area contributed by atoms with Crippen LogP contribution >= 0.6 is 0 Å². The van der Waals surface area contributed by atoms with Crippen molar-refractivity contribution >= 4 is 16.6 Å². The van der Waals surface area contributed by atoms with Crippen LogP contribution < -0.4 is 5.73 Å². The Labute approximate surface area is 125 Å². The minimum absolute atomic E-state index is 0.803. The van der Waals surface area contributed by atoms with Gasteiger partial charge in [-0.05, 0) is 36.6 Å². The molecule has 0 aliphatic heterocycles. The Kier molecular flexibility index (Phi) is 3.87. The summed E-state index contributed by atoms with van der Waals surface area (Å²) in [6.07, 6.45) is 3.52. The summed E-state index contributed by atoms with van der Waals surface area (Å²) in [5.74, 6) is 0. The fourth-order valence-electron chi connectivity index (χ4n) is 2.59. The number of aryl methyl sites for hydroxylation is 1. The van der Waals surface area contributed by atoms with Gasteiger partial charge in [-0.3, -0.25) is 0 Å². The molecule has 2 N–H and O–H groups in total. The fraction of sp³-hybridized carbons (Fsp3) is 0.211. The summed E-state index contributed by atoms with van der Waals surface area (Å²) in [4.78, 5) is 4.75. The van der Waals surface area contributed by atoms with Crippen LogP contribution in [0.25, 0.3) is 22.2 Å². The number of hydrogen-bond donors (Lipinski definition) is 1. The molecule has 2 heteroatoms. The standard InChI is InChI=1S/C19H20N2/c1-2-3-7-14-10-11-18-16(12-14)17(20)13-19(21-18)15-8-5-4-6-9-15/h4-6,8-13H,2-3,7H2,1H3,(H2,20,21). The third-order valence-corrected chi connectivity index (χ3v) is 3.79. The van der Waals surface area contributed by atoms with E-state index in [0.717, 1.165) is 34.3 Å². The molecule has 0 radical (unpaired) electrons. The number of rotatable bonds is 4. The number of unbranched alkanes of at least 4 members (excludes halogenated alkanes) is 1. The van der Waals surface area contributed by atoms with Crippen molar-refractivity contribution in [1.29, 1.82) is 0 Å². The van der Waals surface area contributed by atoms with Crippen LogP contribution in [-0.4, -0.2) is 4.98 Å². The van der Waals surface area contributed by atoms with Gasteiger partial charge in [0.15, 0.2) is 0 Å². The Morgan fingerprint density at radius 1 is 1.00 bits per heavy atom. The first-order valence-corrected chi connectivity index (χ1v) is 7.52. The number of hydrogen-bond acceptors (Lipinski definition) is 2. The number of nitrogens with two attached hydrogens (primary N) is 1. The predicted octanol–water partition coefficient (Wildman–Crippen LogP) is 4.83. The van der Waals surface area contributed by atoms with Gasteiger partial charge in [-0.25, -0.2) is 4.98 Å². The second kappa shape index (κ2) is 5.96. The summed E-state index contributed by atoms with van der Waals surface area (Å²) in [5, 5.41) is 1.06. The number of pyridine rings is 1. The maximum atomic E-state index is 6.25. The molecule has 0 bridgehead atoms. The highest BCUT2D eigenvalue weighted by Crippen LogP contribution is 2.27. The zero-order chi connectivity index (χ0) is 14.7. The number of nitrogen functional groups attached to an aromatic ring is 1. The van der Waals surface area contributed by atoms with Gasteiger partial charge in [0.25, 0.3) is 0 Å². The molecule has 0 atom stereocenters. The molecular weight excluding hydrogens is 256 g/mol. The molecule has 1 heterocycles. The van der Waals surface area contributed by atoms with Crippen LogP contribution in [0.5, 0.6) is 0 Å². The van der Waals surface area contributed by atoms with Gasteiger partial charge in [-0.1, -0.05) is 49.7 Å². The Hall–Kier alpha value is -2.35. The first-order valence-electron chi connectivity index (χ1n) is 7.52. The van der Waals surface area contributed by atoms with Crippen LogP contribution in [0.3, 0.4) is 0 Å². The van der Waals surface area contributed by atoms with E-state index in [1.54, 1.807) is 0 Å². The minimum atomic E-state index is 0.803. The maximum Gasteiger partial charge on any atom is 0.0730 e. The molecule has 2 aromatic carbocycles. The summed E-state index contributed by atoms with van der Waals surface area (Å²) in [6, 6.07) is 18.6. The highest BCUT2D eigenvalue weighted by molar-refractivity contribution is 5.93. The second-order valence-electron chi connectivity index (χ2n) is 5.42. The van der Waals surface area contributed by atoms with Crippen LogP contribution in [0.2, 0.25) is 0 Å². The van der Waals surface area contributed by atoms with Gasteiger partial charge < -0.3 is 5.73 Å². The lowest BCUT2D eigenvalue weighted by Gasteiger charge is -2.08. The van der Waals surface area contributed by atoms with Crippen molar-refractivity contribution in [3.05, 3.63) is 60.2 Å². The number of aromatic nitrogens is 1. The van der Waals surface area contributed by atoms with Gasteiger partial charge >= 0.3 is 0 Å². The van der Waals surface area contributed by atoms with Gasteiger partial charge in [-0.2, -0.15) is 0 Å². The summed E-state index contributed by atoms with van der Waals surface area (Å²) in [5.41, 5.74) is 11.4. The smallest absolute Gasteiger partial charge is 0.0730 e. The third-order valence-electron chi connectivity index (χ3n) is 3.79. The zero-order valence-electron chi connectivity index (χ0n) is 12.3. The van der Waals surface area contributed by atoms with Gasteiger partial charge in [-0.15, -0.1) is 0 Å². The van der Waals surface area contributed by atoms with E-state index in [0.29, 0.717) is 0 Å². The van der Waals surface area contributed by atoms with Gasteiger partial charge in [0.1, 0.15) is 0 Å². The second-order valence-corrected chi connectivity index (χ2v) is 5.42. The number of anilines is 1. The molecule has 2 nitrogen and oxygen atoms in total. The fourth-order valence-corrected chi connectivity index (χ4v) is 2.59. The van der Waals surface area contributed by atoms with E-state index in [2.05, 4.69) is 37.3 Å². The van der Waals surface area contributed by atoms with Gasteiger partial charge in [0.2, 0.25) is 0 Å². The summed E-state index contributed by atoms with van der Waals surface area (Å²) in [6.45, 7) is 2.21. The van der Waals surface area contributed by atoms with Crippen molar-refractivity contribution in [2.45, 2.75) is 26.2 Å². The van der Waals surface area contributed by atoms with E-state index >= 15 is 0 Å². The van der Waals surface area contributed by atoms with E-state index in [9.17, 15) is 0 Å². The molecule has 0 amide bonds. The molecule has 0 spiro atoms. The Morgan fingerprint density at radius 2 is 1.81 bits per heavy atom. The van der Waals surface area contributed by atoms with Crippen LogP contribution in [0.15, 0.2) is 54.6 Å². The van der Waals surface area contributed by atoms with E-state index < -0.39 is 0 Å². The van der Waals surface area contributed by atoms with E-state index in [1.165, 1.54) is 18.4 Å². The quantitative estimate of drug-likeness (QED) is 0.741. The summed E-state index contributed by atoms with van der Waals surface area (Å²) in [7, 11) is 0. The zero-order valence-corrected chi connectivity index (χ0v) is 12.3. The predicted molar refractivity (Wildman–Crippen MR) is 90.2 cm³/mol. The van der Waals surface area contributed by atoms with E-state index in [-0.39, 0.29) is 0 Å². The van der Waals surface area contributed by atoms with Crippen molar-refractivity contribution in [3.63, 3.8) is 0 Å². The van der Waals surface area contributed by atoms with E-state index in [4.69, 9.17) is 10.7 Å². The van der Waals surface area contributed by atoms with Gasteiger partial charge in [0, 0.05) is 16.6 Å². The summed E-state index contributed by atoms with van der Waals surface area (Å²) < 4.78 is 0. The molecule has 0 saturated heterocycles. The van der Waals surface area contributed by atoms with Crippen molar-refractivity contribution in [2.75, 3.05) is 5.73 Å². The molecule has 0 saturated carbocycles. The first kappa shape index (κ1) is 13.6.